The molecule has 0 spiro atoms. The first-order valence-corrected chi connectivity index (χ1v) is 11.6. The maximum Gasteiger partial charge on any atom is 0.108 e. The Kier molecular flexibility index (Phi) is 10.2. The van der Waals surface area contributed by atoms with E-state index in [-0.39, 0.29) is 6.10 Å². The van der Waals surface area contributed by atoms with Crippen LogP contribution >= 0.6 is 0 Å². The van der Waals surface area contributed by atoms with Crippen molar-refractivity contribution in [2.24, 2.45) is 0 Å². The molecule has 2 aromatic carbocycles. The van der Waals surface area contributed by atoms with Crippen LogP contribution in [0.15, 0.2) is 103 Å². The van der Waals surface area contributed by atoms with Crippen molar-refractivity contribution in [2.75, 3.05) is 45.9 Å². The molecule has 1 heterocycles. The van der Waals surface area contributed by atoms with Gasteiger partial charge in [-0.15, -0.1) is 0 Å². The number of piperazine rings is 1. The molecule has 1 unspecified atom stereocenters. The van der Waals surface area contributed by atoms with Crippen molar-refractivity contribution in [1.29, 1.82) is 0 Å². The Bertz CT molecular complexity index is 878. The van der Waals surface area contributed by atoms with Crippen molar-refractivity contribution in [3.63, 3.8) is 0 Å². The summed E-state index contributed by atoms with van der Waals surface area (Å²) in [5.74, 6) is 0. The first-order chi connectivity index (χ1) is 15.8. The molecule has 0 saturated carbocycles. The quantitative estimate of drug-likeness (QED) is 0.423. The van der Waals surface area contributed by atoms with Gasteiger partial charge >= 0.3 is 0 Å². The first kappa shape index (κ1) is 23.9. The highest BCUT2D eigenvalue weighted by Gasteiger charge is 2.18. The molecule has 3 nitrogen and oxygen atoms in total. The second-order valence-corrected chi connectivity index (χ2v) is 8.01. The Morgan fingerprint density at radius 3 is 2.28 bits per heavy atom. The average molecular weight is 429 g/mol. The second kappa shape index (κ2) is 13.6. The molecule has 1 aliphatic rings. The Balaban J connectivity index is 1.45. The highest BCUT2D eigenvalue weighted by atomic mass is 16.5. The summed E-state index contributed by atoms with van der Waals surface area (Å²) in [6.07, 6.45) is 12.5. The lowest BCUT2D eigenvalue weighted by molar-refractivity contribution is 0.0465. The normalized spacial score (nSPS) is 17.2. The van der Waals surface area contributed by atoms with Crippen molar-refractivity contribution in [2.45, 2.75) is 13.0 Å². The lowest BCUT2D eigenvalue weighted by Gasteiger charge is -2.34. The van der Waals surface area contributed by atoms with Gasteiger partial charge in [0.2, 0.25) is 0 Å². The molecule has 3 rings (SSSR count). The monoisotopic (exact) mass is 428 g/mol. The van der Waals surface area contributed by atoms with Crippen molar-refractivity contribution in [3.8, 4) is 0 Å². The largest absolute Gasteiger partial charge is 0.367 e. The zero-order valence-electron chi connectivity index (χ0n) is 19.3. The Morgan fingerprint density at radius 2 is 1.62 bits per heavy atom. The fourth-order valence-corrected chi connectivity index (χ4v) is 3.88. The molecule has 0 radical (unpaired) electrons. The minimum absolute atomic E-state index is 0.0886. The minimum atomic E-state index is -0.0886. The fourth-order valence-electron chi connectivity index (χ4n) is 3.88. The van der Waals surface area contributed by atoms with E-state index >= 15 is 0 Å². The van der Waals surface area contributed by atoms with E-state index in [1.165, 1.54) is 5.56 Å². The SMILES string of the molecule is C=C/C(=C\C=C/C)C(OCCN1CCN(C/C=C/c2ccccc2)CC1)c1ccccc1. The van der Waals surface area contributed by atoms with Crippen LogP contribution in [0.3, 0.4) is 0 Å². The van der Waals surface area contributed by atoms with Gasteiger partial charge in [-0.25, -0.2) is 0 Å². The number of nitrogens with zero attached hydrogens (tertiary/aromatic N) is 2. The summed E-state index contributed by atoms with van der Waals surface area (Å²) in [6.45, 7) is 13.1. The van der Waals surface area contributed by atoms with Gasteiger partial charge in [-0.1, -0.05) is 104 Å². The standard InChI is InChI=1S/C29H36N2O/c1-3-5-16-27(4-2)29(28-17-10-7-11-18-28)32-25-24-31-22-20-30(21-23-31)19-12-15-26-13-8-6-9-14-26/h3-18,29H,2,19-25H2,1H3/b5-3-,15-12+,27-16+. The van der Waals surface area contributed by atoms with Gasteiger partial charge in [0, 0.05) is 39.3 Å². The Morgan fingerprint density at radius 1 is 0.969 bits per heavy atom. The third-order valence-corrected chi connectivity index (χ3v) is 5.75. The molecule has 2 aromatic rings. The number of allylic oxidation sites excluding steroid dienone is 3. The van der Waals surface area contributed by atoms with E-state index < -0.39 is 0 Å². The summed E-state index contributed by atoms with van der Waals surface area (Å²) in [7, 11) is 0. The van der Waals surface area contributed by atoms with E-state index in [2.05, 4.69) is 89.2 Å². The minimum Gasteiger partial charge on any atom is -0.367 e. The van der Waals surface area contributed by atoms with E-state index in [1.54, 1.807) is 0 Å². The molecule has 0 bridgehead atoms. The molecule has 0 N–H and O–H groups in total. The molecule has 0 aromatic heterocycles. The van der Waals surface area contributed by atoms with Crippen molar-refractivity contribution in [3.05, 3.63) is 114 Å². The molecule has 168 valence electrons. The van der Waals surface area contributed by atoms with E-state index in [1.807, 2.05) is 31.2 Å². The van der Waals surface area contributed by atoms with Crippen molar-refractivity contribution in [1.82, 2.24) is 9.80 Å². The Hall–Kier alpha value is -2.72. The van der Waals surface area contributed by atoms with E-state index in [4.69, 9.17) is 4.74 Å². The molecule has 32 heavy (non-hydrogen) atoms. The molecule has 1 saturated heterocycles. The summed E-state index contributed by atoms with van der Waals surface area (Å²) < 4.78 is 6.38. The van der Waals surface area contributed by atoms with Crippen LogP contribution in [-0.4, -0.2) is 55.7 Å². The van der Waals surface area contributed by atoms with Gasteiger partial charge in [-0.3, -0.25) is 9.80 Å². The zero-order chi connectivity index (χ0) is 22.4. The maximum atomic E-state index is 6.38. The highest BCUT2D eigenvalue weighted by molar-refractivity contribution is 5.48. The van der Waals surface area contributed by atoms with Crippen LogP contribution < -0.4 is 0 Å². The molecular formula is C29H36N2O. The first-order valence-electron chi connectivity index (χ1n) is 11.6. The highest BCUT2D eigenvalue weighted by Crippen LogP contribution is 2.26. The molecule has 0 aliphatic carbocycles. The lowest BCUT2D eigenvalue weighted by atomic mass is 10.0. The van der Waals surface area contributed by atoms with Gasteiger partial charge < -0.3 is 4.74 Å². The van der Waals surface area contributed by atoms with E-state index in [0.29, 0.717) is 6.61 Å². The maximum absolute atomic E-state index is 6.38. The van der Waals surface area contributed by atoms with Crippen LogP contribution in [-0.2, 0) is 4.74 Å². The fraction of sp³-hybridized carbons (Fsp3) is 0.310. The number of benzene rings is 2. The van der Waals surface area contributed by atoms with Gasteiger partial charge in [-0.2, -0.15) is 0 Å². The van der Waals surface area contributed by atoms with Crippen LogP contribution in [0, 0.1) is 0 Å². The summed E-state index contributed by atoms with van der Waals surface area (Å²) in [5, 5.41) is 0. The van der Waals surface area contributed by atoms with Gasteiger partial charge in [0.05, 0.1) is 6.61 Å². The number of rotatable bonds is 11. The van der Waals surface area contributed by atoms with Crippen LogP contribution in [0.5, 0.6) is 0 Å². The summed E-state index contributed by atoms with van der Waals surface area (Å²) >= 11 is 0. The van der Waals surface area contributed by atoms with Gasteiger partial charge in [0.1, 0.15) is 6.10 Å². The molecule has 1 fully saturated rings. The van der Waals surface area contributed by atoms with Crippen LogP contribution in [0.2, 0.25) is 0 Å². The van der Waals surface area contributed by atoms with Crippen molar-refractivity contribution < 1.29 is 4.74 Å². The summed E-state index contributed by atoms with van der Waals surface area (Å²) in [5.41, 5.74) is 3.51. The summed E-state index contributed by atoms with van der Waals surface area (Å²) in [6, 6.07) is 20.9. The van der Waals surface area contributed by atoms with Gasteiger partial charge in [-0.05, 0) is 23.6 Å². The second-order valence-electron chi connectivity index (χ2n) is 8.01. The van der Waals surface area contributed by atoms with Crippen LogP contribution in [0.4, 0.5) is 0 Å². The topological polar surface area (TPSA) is 15.7 Å². The van der Waals surface area contributed by atoms with Crippen LogP contribution in [0.25, 0.3) is 6.08 Å². The van der Waals surface area contributed by atoms with Gasteiger partial charge in [0.25, 0.3) is 0 Å². The van der Waals surface area contributed by atoms with Crippen molar-refractivity contribution >= 4 is 6.08 Å². The van der Waals surface area contributed by atoms with Gasteiger partial charge in [0.15, 0.2) is 0 Å². The third-order valence-electron chi connectivity index (χ3n) is 5.75. The average Bonchev–Trinajstić information content (AvgIpc) is 2.85. The van der Waals surface area contributed by atoms with E-state index in [9.17, 15) is 0 Å². The molecular weight excluding hydrogens is 392 g/mol. The third kappa shape index (κ3) is 7.76. The smallest absolute Gasteiger partial charge is 0.108 e. The van der Waals surface area contributed by atoms with E-state index in [0.717, 1.165) is 50.4 Å². The zero-order valence-corrected chi connectivity index (χ0v) is 19.3. The summed E-state index contributed by atoms with van der Waals surface area (Å²) in [4.78, 5) is 5.02. The molecule has 1 atom stereocenters. The lowest BCUT2D eigenvalue weighted by Crippen LogP contribution is -2.47. The predicted molar refractivity (Wildman–Crippen MR) is 137 cm³/mol. The predicted octanol–water partition coefficient (Wildman–Crippen LogP) is 5.76. The number of ether oxygens (including phenoxy) is 1. The number of hydrogen-bond donors (Lipinski definition) is 0. The Labute approximate surface area is 194 Å². The molecule has 1 aliphatic heterocycles. The number of hydrogen-bond acceptors (Lipinski definition) is 3. The molecule has 3 heteroatoms. The van der Waals surface area contributed by atoms with Crippen LogP contribution in [0.1, 0.15) is 24.2 Å². The molecule has 0 amide bonds.